The van der Waals surface area contributed by atoms with Crippen molar-refractivity contribution < 1.29 is 18.7 Å². The van der Waals surface area contributed by atoms with Crippen molar-refractivity contribution in [1.29, 1.82) is 0 Å². The van der Waals surface area contributed by atoms with Gasteiger partial charge in [0.15, 0.2) is 23.0 Å². The molecular weight excluding hydrogens is 443 g/mol. The van der Waals surface area contributed by atoms with Crippen molar-refractivity contribution >= 4 is 51.8 Å². The third kappa shape index (κ3) is 5.57. The molecule has 3 rings (SSSR count). The molecule has 0 aliphatic heterocycles. The topological polar surface area (TPSA) is 98.5 Å². The molecule has 7 nitrogen and oxygen atoms in total. The first-order valence-corrected chi connectivity index (χ1v) is 9.97. The van der Waals surface area contributed by atoms with E-state index in [9.17, 15) is 9.18 Å². The number of halogens is 2. The van der Waals surface area contributed by atoms with Gasteiger partial charge in [0.2, 0.25) is 0 Å². The van der Waals surface area contributed by atoms with E-state index in [1.165, 1.54) is 26.4 Å². The number of hydrogen-bond acceptors (Lipinski definition) is 6. The molecule has 0 aliphatic rings. The molecule has 0 saturated heterocycles. The van der Waals surface area contributed by atoms with Crippen LogP contribution in [0.2, 0.25) is 5.02 Å². The molecule has 0 radical (unpaired) electrons. The van der Waals surface area contributed by atoms with Crippen LogP contribution in [0.25, 0.3) is 10.9 Å². The van der Waals surface area contributed by atoms with Crippen molar-refractivity contribution in [2.45, 2.75) is 6.92 Å². The molecule has 164 valence electrons. The number of nitrogens with zero attached hydrogens (tertiary/aromatic N) is 1. The number of hydrogen-bond donors (Lipinski definition) is 3. The summed E-state index contributed by atoms with van der Waals surface area (Å²) < 4.78 is 25.7. The van der Waals surface area contributed by atoms with Crippen molar-refractivity contribution in [2.24, 2.45) is 5.73 Å². The smallest absolute Gasteiger partial charge is 0.186 e. The van der Waals surface area contributed by atoms with Crippen LogP contribution in [0.3, 0.4) is 0 Å². The van der Waals surface area contributed by atoms with Crippen LogP contribution in [0.5, 0.6) is 17.2 Å². The molecule has 2 aromatic carbocycles. The van der Waals surface area contributed by atoms with Crippen LogP contribution in [0.15, 0.2) is 36.5 Å². The van der Waals surface area contributed by atoms with Gasteiger partial charge in [0, 0.05) is 24.2 Å². The van der Waals surface area contributed by atoms with E-state index in [4.69, 9.17) is 33.3 Å². The number of methoxy groups -OCH3 is 1. The summed E-state index contributed by atoms with van der Waals surface area (Å²) in [5.41, 5.74) is 5.67. The fraction of sp³-hybridized carbons (Fsp3) is 0.190. The number of carbonyl (C=O) groups is 1. The van der Waals surface area contributed by atoms with Gasteiger partial charge in [-0.1, -0.05) is 11.6 Å². The molecule has 1 aromatic heterocycles. The molecule has 31 heavy (non-hydrogen) atoms. The predicted octanol–water partition coefficient (Wildman–Crippen LogP) is 4.52. The van der Waals surface area contributed by atoms with E-state index in [1.807, 2.05) is 6.92 Å². The van der Waals surface area contributed by atoms with Crippen LogP contribution in [0, 0.1) is 5.82 Å². The molecule has 0 saturated carbocycles. The molecule has 4 N–H and O–H groups in total. The number of nitrogens with one attached hydrogen (secondary N) is 2. The molecule has 0 fully saturated rings. The average Bonchev–Trinajstić information content (AvgIpc) is 2.79. The van der Waals surface area contributed by atoms with Gasteiger partial charge >= 0.3 is 0 Å². The minimum absolute atomic E-state index is 0.0779. The van der Waals surface area contributed by atoms with E-state index in [-0.39, 0.29) is 10.8 Å². The first-order chi connectivity index (χ1) is 15.0. The second-order valence-electron chi connectivity index (χ2n) is 5.86. The molecule has 0 atom stereocenters. The predicted molar refractivity (Wildman–Crippen MR) is 125 cm³/mol. The highest BCUT2D eigenvalue weighted by atomic mass is 35.5. The molecule has 0 spiro atoms. The number of thiocarbonyl (C=S) groups is 1. The fourth-order valence-corrected chi connectivity index (χ4v) is 3.13. The maximum absolute atomic E-state index is 14.8. The number of rotatable bonds is 6. The van der Waals surface area contributed by atoms with Gasteiger partial charge in [-0.3, -0.25) is 9.78 Å². The van der Waals surface area contributed by atoms with Gasteiger partial charge in [0.1, 0.15) is 16.5 Å². The Morgan fingerprint density at radius 3 is 2.65 bits per heavy atom. The lowest BCUT2D eigenvalue weighted by atomic mass is 10.1. The summed E-state index contributed by atoms with van der Waals surface area (Å²) >= 11 is 11.2. The standard InChI is InChI=1S/C20H17ClFN3O3S.CH5N/c1-3-23-20(29)25-13-4-5-16(19(22)18(13)21)28-15-6-7-24-14-9-17(27-2)11(10-26)8-12(14)15;1-2/h4-10H,3H2,1-2H3,(H2,23,25,29);2H2,1H3. The van der Waals surface area contributed by atoms with E-state index in [0.29, 0.717) is 51.6 Å². The van der Waals surface area contributed by atoms with Crippen LogP contribution in [0.4, 0.5) is 10.1 Å². The van der Waals surface area contributed by atoms with E-state index >= 15 is 0 Å². The molecular formula is C21H22ClFN4O3S. The number of fused-ring (bicyclic) bond motifs is 1. The van der Waals surface area contributed by atoms with Crippen molar-refractivity contribution in [2.75, 3.05) is 26.0 Å². The Morgan fingerprint density at radius 2 is 2.00 bits per heavy atom. The lowest BCUT2D eigenvalue weighted by molar-refractivity contribution is 0.112. The fourth-order valence-electron chi connectivity index (χ4n) is 2.68. The van der Waals surface area contributed by atoms with Crippen molar-refractivity contribution in [3.8, 4) is 17.2 Å². The maximum atomic E-state index is 14.8. The zero-order valence-corrected chi connectivity index (χ0v) is 18.7. The highest BCUT2D eigenvalue weighted by Crippen LogP contribution is 2.37. The van der Waals surface area contributed by atoms with Gasteiger partial charge in [-0.05, 0) is 50.5 Å². The number of ether oxygens (including phenoxy) is 2. The summed E-state index contributed by atoms with van der Waals surface area (Å²) in [6.45, 7) is 2.51. The molecule has 0 aliphatic carbocycles. The number of carbonyl (C=O) groups excluding carboxylic acids is 1. The van der Waals surface area contributed by atoms with Gasteiger partial charge in [-0.15, -0.1) is 0 Å². The zero-order chi connectivity index (χ0) is 23.0. The van der Waals surface area contributed by atoms with Gasteiger partial charge in [-0.2, -0.15) is 0 Å². The summed E-state index contributed by atoms with van der Waals surface area (Å²) in [6.07, 6.45) is 2.18. The minimum atomic E-state index is -0.745. The van der Waals surface area contributed by atoms with E-state index in [2.05, 4.69) is 21.4 Å². The third-order valence-electron chi connectivity index (χ3n) is 4.03. The number of anilines is 1. The summed E-state index contributed by atoms with van der Waals surface area (Å²) in [6, 6.07) is 7.77. The van der Waals surface area contributed by atoms with E-state index in [1.54, 1.807) is 24.3 Å². The molecule has 3 aromatic rings. The molecule has 0 bridgehead atoms. The molecule has 1 heterocycles. The lowest BCUT2D eigenvalue weighted by Gasteiger charge is -2.14. The van der Waals surface area contributed by atoms with Crippen LogP contribution in [-0.4, -0.2) is 37.1 Å². The Morgan fingerprint density at radius 1 is 1.26 bits per heavy atom. The monoisotopic (exact) mass is 464 g/mol. The van der Waals surface area contributed by atoms with Crippen LogP contribution in [0.1, 0.15) is 17.3 Å². The normalized spacial score (nSPS) is 10.0. The van der Waals surface area contributed by atoms with Crippen molar-refractivity contribution in [3.05, 3.63) is 52.9 Å². The molecule has 10 heteroatoms. The van der Waals surface area contributed by atoms with Gasteiger partial charge in [0.05, 0.1) is 23.9 Å². The Hall–Kier alpha value is -3.01. The second kappa shape index (κ2) is 11.4. The SMILES string of the molecule is CCNC(=S)Nc1ccc(Oc2ccnc3cc(OC)c(C=O)cc23)c(F)c1Cl.CN. The number of aromatic nitrogens is 1. The highest BCUT2D eigenvalue weighted by molar-refractivity contribution is 7.80. The van der Waals surface area contributed by atoms with E-state index < -0.39 is 5.82 Å². The summed E-state index contributed by atoms with van der Waals surface area (Å²) in [4.78, 5) is 15.6. The third-order valence-corrected chi connectivity index (χ3v) is 4.65. The Labute approximate surface area is 189 Å². The number of benzene rings is 2. The minimum Gasteiger partial charge on any atom is -0.496 e. The van der Waals surface area contributed by atoms with Gasteiger partial charge < -0.3 is 25.8 Å². The van der Waals surface area contributed by atoms with Crippen LogP contribution in [-0.2, 0) is 0 Å². The Kier molecular flexibility index (Phi) is 8.92. The summed E-state index contributed by atoms with van der Waals surface area (Å²) in [5, 5.41) is 6.43. The lowest BCUT2D eigenvalue weighted by Crippen LogP contribution is -2.28. The summed E-state index contributed by atoms with van der Waals surface area (Å²) in [5.74, 6) is -0.117. The van der Waals surface area contributed by atoms with Crippen molar-refractivity contribution in [1.82, 2.24) is 10.3 Å². The largest absolute Gasteiger partial charge is 0.496 e. The average molecular weight is 465 g/mol. The van der Waals surface area contributed by atoms with E-state index in [0.717, 1.165) is 0 Å². The van der Waals surface area contributed by atoms with Crippen LogP contribution < -0.4 is 25.8 Å². The van der Waals surface area contributed by atoms with Crippen molar-refractivity contribution in [3.63, 3.8) is 0 Å². The Bertz CT molecular complexity index is 1100. The van der Waals surface area contributed by atoms with Crippen LogP contribution >= 0.6 is 23.8 Å². The number of nitrogens with two attached hydrogens (primary N) is 1. The highest BCUT2D eigenvalue weighted by Gasteiger charge is 2.16. The van der Waals surface area contributed by atoms with Gasteiger partial charge in [0.25, 0.3) is 0 Å². The van der Waals surface area contributed by atoms with Gasteiger partial charge in [-0.25, -0.2) is 4.39 Å². The quantitative estimate of drug-likeness (QED) is 0.361. The first-order valence-electron chi connectivity index (χ1n) is 9.18. The second-order valence-corrected chi connectivity index (χ2v) is 6.65. The maximum Gasteiger partial charge on any atom is 0.186 e. The molecule has 0 amide bonds. The summed E-state index contributed by atoms with van der Waals surface area (Å²) in [7, 11) is 2.96. The number of aldehydes is 1. The Balaban J connectivity index is 0.00000166. The first kappa shape index (κ1) is 24.3. The molecule has 0 unspecified atom stereocenters. The number of pyridine rings is 1. The zero-order valence-electron chi connectivity index (χ0n) is 17.2.